The van der Waals surface area contributed by atoms with Gasteiger partial charge in [-0.15, -0.1) is 0 Å². The average molecular weight is 289 g/mol. The minimum atomic E-state index is -3.88. The largest absolute Gasteiger partial charge is 0.297 e. The van der Waals surface area contributed by atoms with Crippen LogP contribution in [0, 0.1) is 0 Å². The van der Waals surface area contributed by atoms with E-state index >= 15 is 0 Å². The monoisotopic (exact) mass is 288 g/mol. The first kappa shape index (κ1) is 13.1. The van der Waals surface area contributed by atoms with Crippen LogP contribution in [0.2, 0.25) is 5.02 Å². The molecular weight excluding hydrogens is 276 g/mol. The van der Waals surface area contributed by atoms with Crippen molar-refractivity contribution in [2.75, 3.05) is 4.72 Å². The Hall–Kier alpha value is -1.31. The van der Waals surface area contributed by atoms with E-state index in [0.29, 0.717) is 10.4 Å². The van der Waals surface area contributed by atoms with Gasteiger partial charge in [0.05, 0.1) is 15.9 Å². The highest BCUT2D eigenvalue weighted by Gasteiger charge is 2.17. The zero-order valence-corrected chi connectivity index (χ0v) is 11.5. The molecule has 0 atom stereocenters. The van der Waals surface area contributed by atoms with Crippen molar-refractivity contribution < 1.29 is 8.42 Å². The summed E-state index contributed by atoms with van der Waals surface area (Å²) in [5, 5.41) is 10.1. The van der Waals surface area contributed by atoms with Crippen molar-refractivity contribution in [3.05, 3.63) is 22.7 Å². The van der Waals surface area contributed by atoms with Crippen LogP contribution in [0.3, 0.4) is 0 Å². The van der Waals surface area contributed by atoms with Crippen molar-refractivity contribution >= 4 is 38.5 Å². The molecule has 0 radical (unpaired) electrons. The van der Waals surface area contributed by atoms with Gasteiger partial charge in [0.15, 0.2) is 5.82 Å². The van der Waals surface area contributed by atoms with Gasteiger partial charge in [-0.1, -0.05) is 24.6 Å². The highest BCUT2D eigenvalue weighted by molar-refractivity contribution is 7.90. The molecule has 0 bridgehead atoms. The number of hydrogen-bond donors (Lipinski definition) is 2. The van der Waals surface area contributed by atoms with Crippen molar-refractivity contribution in [2.45, 2.75) is 13.3 Å². The Bertz CT molecular complexity index is 708. The Morgan fingerprint density at radius 3 is 2.72 bits per heavy atom. The molecule has 6 nitrogen and oxygen atoms in total. The van der Waals surface area contributed by atoms with Gasteiger partial charge >= 0.3 is 0 Å². The summed E-state index contributed by atoms with van der Waals surface area (Å²) in [6.07, 6.45) is 0.794. The second-order valence-corrected chi connectivity index (χ2v) is 5.60. The molecule has 0 fully saturated rings. The number of fused-ring (bicyclic) bond motifs is 1. The number of rotatable bonds is 3. The fourth-order valence-corrected chi connectivity index (χ4v) is 2.60. The van der Waals surface area contributed by atoms with Gasteiger partial charge in [-0.25, -0.2) is 5.14 Å². The molecule has 0 aliphatic heterocycles. The maximum atomic E-state index is 11.1. The molecule has 1 aromatic carbocycles. The topological polar surface area (TPSA) is 90.0 Å². The van der Waals surface area contributed by atoms with Gasteiger partial charge < -0.3 is 0 Å². The van der Waals surface area contributed by atoms with Crippen LogP contribution < -0.4 is 9.86 Å². The van der Waals surface area contributed by atoms with Crippen molar-refractivity contribution in [3.8, 4) is 0 Å². The molecule has 3 N–H and O–H groups in total. The third-order valence-corrected chi connectivity index (χ3v) is 3.43. The Balaban J connectivity index is 2.78. The molecular formula is C10H13ClN4O2S. The number of hydrogen-bond acceptors (Lipinski definition) is 3. The molecule has 98 valence electrons. The smallest absolute Gasteiger partial charge is 0.265 e. The second-order valence-electron chi connectivity index (χ2n) is 3.90. The predicted octanol–water partition coefficient (Wildman–Crippen LogP) is 1.40. The lowest BCUT2D eigenvalue weighted by Crippen LogP contribution is -2.22. The summed E-state index contributed by atoms with van der Waals surface area (Å²) in [6.45, 7) is 2.00. The first-order valence-electron chi connectivity index (χ1n) is 5.28. The van der Waals surface area contributed by atoms with Gasteiger partial charge in [-0.3, -0.25) is 9.40 Å². The Morgan fingerprint density at radius 1 is 1.50 bits per heavy atom. The number of anilines is 1. The molecule has 8 heteroatoms. The van der Waals surface area contributed by atoms with Crippen LogP contribution in [0.15, 0.2) is 12.1 Å². The van der Waals surface area contributed by atoms with E-state index in [0.717, 1.165) is 17.5 Å². The summed E-state index contributed by atoms with van der Waals surface area (Å²) >= 11 is 6.10. The molecule has 1 aromatic heterocycles. The number of nitrogens with two attached hydrogens (primary N) is 1. The van der Waals surface area contributed by atoms with Gasteiger partial charge in [0.2, 0.25) is 0 Å². The minimum Gasteiger partial charge on any atom is -0.265 e. The van der Waals surface area contributed by atoms with Crippen LogP contribution >= 0.6 is 11.6 Å². The summed E-state index contributed by atoms with van der Waals surface area (Å²) in [5.41, 5.74) is 1.84. The number of nitrogens with one attached hydrogen (secondary N) is 1. The van der Waals surface area contributed by atoms with E-state index in [1.54, 1.807) is 17.8 Å². The molecule has 0 unspecified atom stereocenters. The highest BCUT2D eigenvalue weighted by atomic mass is 35.5. The molecule has 2 aromatic rings. The maximum absolute atomic E-state index is 11.1. The molecule has 0 saturated heterocycles. The van der Waals surface area contributed by atoms with Crippen LogP contribution in [0.1, 0.15) is 12.5 Å². The van der Waals surface area contributed by atoms with Gasteiger partial charge in [0.1, 0.15) is 0 Å². The van der Waals surface area contributed by atoms with E-state index in [4.69, 9.17) is 16.7 Å². The average Bonchev–Trinajstić information content (AvgIpc) is 2.55. The van der Waals surface area contributed by atoms with Crippen LogP contribution in [0.25, 0.3) is 10.9 Å². The Labute approximate surface area is 110 Å². The van der Waals surface area contributed by atoms with E-state index < -0.39 is 10.2 Å². The summed E-state index contributed by atoms with van der Waals surface area (Å²) in [4.78, 5) is 0. The molecule has 0 saturated carbocycles. The second kappa shape index (κ2) is 4.42. The summed E-state index contributed by atoms with van der Waals surface area (Å²) in [7, 11) is -2.15. The number of halogens is 1. The molecule has 1 heterocycles. The molecule has 0 aliphatic carbocycles. The van der Waals surface area contributed by atoms with E-state index in [-0.39, 0.29) is 5.82 Å². The molecule has 0 amide bonds. The minimum absolute atomic E-state index is 0.148. The molecule has 0 spiro atoms. The van der Waals surface area contributed by atoms with Gasteiger partial charge in [-0.05, 0) is 18.1 Å². The highest BCUT2D eigenvalue weighted by Crippen LogP contribution is 2.32. The van der Waals surface area contributed by atoms with Crippen LogP contribution in [-0.2, 0) is 23.7 Å². The lowest BCUT2D eigenvalue weighted by Gasteiger charge is -2.04. The van der Waals surface area contributed by atoms with Gasteiger partial charge in [0.25, 0.3) is 10.2 Å². The first-order chi connectivity index (χ1) is 8.33. The van der Waals surface area contributed by atoms with E-state index in [2.05, 4.69) is 9.82 Å². The summed E-state index contributed by atoms with van der Waals surface area (Å²) in [6, 6.07) is 3.62. The first-order valence-corrected chi connectivity index (χ1v) is 7.20. The fraction of sp³-hybridized carbons (Fsp3) is 0.300. The van der Waals surface area contributed by atoms with Crippen LogP contribution in [0.4, 0.5) is 5.82 Å². The van der Waals surface area contributed by atoms with Crippen LogP contribution in [-0.4, -0.2) is 18.2 Å². The molecule has 0 aliphatic rings. The van der Waals surface area contributed by atoms with Crippen molar-refractivity contribution in [1.82, 2.24) is 9.78 Å². The predicted molar refractivity (Wildman–Crippen MR) is 71.8 cm³/mol. The van der Waals surface area contributed by atoms with Crippen molar-refractivity contribution in [1.29, 1.82) is 0 Å². The van der Waals surface area contributed by atoms with Crippen molar-refractivity contribution in [3.63, 3.8) is 0 Å². The number of nitrogens with zero attached hydrogens (tertiary/aromatic N) is 2. The SMILES string of the molecule is CCc1ccc(Cl)c2c(NS(N)(=O)=O)nn(C)c12. The normalized spacial score (nSPS) is 12.0. The third-order valence-electron chi connectivity index (χ3n) is 2.64. The Kier molecular flexibility index (Phi) is 3.22. The van der Waals surface area contributed by atoms with E-state index in [1.807, 2.05) is 13.0 Å². The van der Waals surface area contributed by atoms with E-state index in [1.165, 1.54) is 0 Å². The summed E-state index contributed by atoms with van der Waals surface area (Å²) in [5.74, 6) is 0.148. The number of aryl methyl sites for hydroxylation is 2. The standard InChI is InChI=1S/C10H13ClN4O2S/c1-3-6-4-5-7(11)8-9(6)15(2)13-10(8)14-18(12,16)17/h4-5H,3H2,1-2H3,(H,13,14)(H2,12,16,17). The lowest BCUT2D eigenvalue weighted by molar-refractivity contribution is 0.602. The maximum Gasteiger partial charge on any atom is 0.297 e. The van der Waals surface area contributed by atoms with Gasteiger partial charge in [-0.2, -0.15) is 13.5 Å². The van der Waals surface area contributed by atoms with E-state index in [9.17, 15) is 8.42 Å². The molecule has 18 heavy (non-hydrogen) atoms. The lowest BCUT2D eigenvalue weighted by atomic mass is 10.1. The zero-order valence-electron chi connectivity index (χ0n) is 9.94. The quantitative estimate of drug-likeness (QED) is 0.894. The number of aromatic nitrogens is 2. The number of benzene rings is 1. The third kappa shape index (κ3) is 2.29. The fourth-order valence-electron chi connectivity index (χ4n) is 1.95. The zero-order chi connectivity index (χ0) is 13.5. The molecule has 2 rings (SSSR count). The Morgan fingerprint density at radius 2 is 2.17 bits per heavy atom. The van der Waals surface area contributed by atoms with Gasteiger partial charge in [0, 0.05) is 7.05 Å². The van der Waals surface area contributed by atoms with Crippen molar-refractivity contribution in [2.24, 2.45) is 12.2 Å². The van der Waals surface area contributed by atoms with Crippen LogP contribution in [0.5, 0.6) is 0 Å². The summed E-state index contributed by atoms with van der Waals surface area (Å²) < 4.78 is 25.9.